The number of likely N-dealkylation sites (tertiary alicyclic amines) is 1. The number of hydrogen-bond donors (Lipinski definition) is 3. The molecule has 0 aromatic heterocycles. The number of aliphatic carboxylic acids is 1. The number of urea groups is 1. The van der Waals surface area contributed by atoms with E-state index in [9.17, 15) is 14.7 Å². The highest BCUT2D eigenvalue weighted by Gasteiger charge is 2.35. The summed E-state index contributed by atoms with van der Waals surface area (Å²) in [5.41, 5.74) is 0. The van der Waals surface area contributed by atoms with Gasteiger partial charge < -0.3 is 20.4 Å². The zero-order valence-corrected chi connectivity index (χ0v) is 10.9. The van der Waals surface area contributed by atoms with E-state index >= 15 is 0 Å². The second-order valence-corrected chi connectivity index (χ2v) is 4.84. The summed E-state index contributed by atoms with van der Waals surface area (Å²) in [6.45, 7) is 4.34. The molecule has 2 amide bonds. The van der Waals surface area contributed by atoms with E-state index < -0.39 is 12.0 Å². The second kappa shape index (κ2) is 6.58. The van der Waals surface area contributed by atoms with Gasteiger partial charge in [0.25, 0.3) is 0 Å². The Labute approximate surface area is 107 Å². The maximum atomic E-state index is 12.0. The maximum Gasteiger partial charge on any atom is 0.326 e. The summed E-state index contributed by atoms with van der Waals surface area (Å²) in [5, 5.41) is 20.8. The molecule has 1 fully saturated rings. The average molecular weight is 258 g/mol. The Morgan fingerprint density at radius 3 is 2.67 bits per heavy atom. The number of nitrogens with one attached hydrogen (secondary N) is 1. The van der Waals surface area contributed by atoms with Gasteiger partial charge in [0.2, 0.25) is 0 Å². The zero-order valence-electron chi connectivity index (χ0n) is 10.9. The van der Waals surface area contributed by atoms with E-state index in [1.165, 1.54) is 4.90 Å². The van der Waals surface area contributed by atoms with Crippen LogP contribution in [0.2, 0.25) is 0 Å². The standard InChI is InChI=1S/C12H22N2O4/c1-3-4-9(11(16)17)13-12(18)14-6-5-8(2)10(14)7-15/h8-10,15H,3-7H2,1-2H3,(H,13,18)(H,16,17)/t8?,9-,10?/m1/s1. The van der Waals surface area contributed by atoms with E-state index in [-0.39, 0.29) is 24.6 Å². The topological polar surface area (TPSA) is 89.9 Å². The van der Waals surface area contributed by atoms with Crippen molar-refractivity contribution in [3.8, 4) is 0 Å². The predicted molar refractivity (Wildman–Crippen MR) is 66.2 cm³/mol. The minimum Gasteiger partial charge on any atom is -0.480 e. The smallest absolute Gasteiger partial charge is 0.326 e. The molecule has 3 N–H and O–H groups in total. The van der Waals surface area contributed by atoms with Crippen LogP contribution in [0.5, 0.6) is 0 Å². The van der Waals surface area contributed by atoms with Crippen LogP contribution < -0.4 is 5.32 Å². The monoisotopic (exact) mass is 258 g/mol. The molecule has 6 heteroatoms. The first-order chi connectivity index (χ1) is 8.51. The third-order valence-corrected chi connectivity index (χ3v) is 3.50. The molecule has 1 rings (SSSR count). The lowest BCUT2D eigenvalue weighted by Crippen LogP contribution is -2.50. The molecule has 1 aliphatic heterocycles. The first kappa shape index (κ1) is 14.8. The summed E-state index contributed by atoms with van der Waals surface area (Å²) >= 11 is 0. The van der Waals surface area contributed by atoms with Crippen LogP contribution in [0.1, 0.15) is 33.1 Å². The number of rotatable bonds is 5. The van der Waals surface area contributed by atoms with Crippen LogP contribution in [0.15, 0.2) is 0 Å². The summed E-state index contributed by atoms with van der Waals surface area (Å²) in [6, 6.07) is -1.45. The van der Waals surface area contributed by atoms with Gasteiger partial charge in [0.05, 0.1) is 12.6 Å². The Kier molecular flexibility index (Phi) is 5.40. The van der Waals surface area contributed by atoms with Crippen molar-refractivity contribution in [1.82, 2.24) is 10.2 Å². The zero-order chi connectivity index (χ0) is 13.7. The number of amides is 2. The molecular weight excluding hydrogens is 236 g/mol. The van der Waals surface area contributed by atoms with Crippen LogP contribution in [-0.2, 0) is 4.79 Å². The van der Waals surface area contributed by atoms with Gasteiger partial charge in [-0.3, -0.25) is 0 Å². The number of aliphatic hydroxyl groups is 1. The third-order valence-electron chi connectivity index (χ3n) is 3.50. The Hall–Kier alpha value is -1.30. The minimum atomic E-state index is -1.02. The molecule has 0 aromatic rings. The molecule has 3 atom stereocenters. The van der Waals surface area contributed by atoms with Gasteiger partial charge in [0, 0.05) is 6.54 Å². The SMILES string of the molecule is CCC[C@@H](NC(=O)N1CCC(C)C1CO)C(=O)O. The van der Waals surface area contributed by atoms with Gasteiger partial charge in [-0.2, -0.15) is 0 Å². The fourth-order valence-corrected chi connectivity index (χ4v) is 2.32. The molecule has 104 valence electrons. The highest BCUT2D eigenvalue weighted by Crippen LogP contribution is 2.23. The molecule has 0 radical (unpaired) electrons. The lowest BCUT2D eigenvalue weighted by atomic mass is 10.0. The average Bonchev–Trinajstić information content (AvgIpc) is 2.69. The normalized spacial score (nSPS) is 24.9. The molecule has 0 bridgehead atoms. The van der Waals surface area contributed by atoms with E-state index in [2.05, 4.69) is 5.32 Å². The van der Waals surface area contributed by atoms with Crippen LogP contribution >= 0.6 is 0 Å². The maximum absolute atomic E-state index is 12.0. The van der Waals surface area contributed by atoms with E-state index in [0.29, 0.717) is 19.4 Å². The Bertz CT molecular complexity index is 308. The minimum absolute atomic E-state index is 0.0832. The largest absolute Gasteiger partial charge is 0.480 e. The first-order valence-electron chi connectivity index (χ1n) is 6.42. The summed E-state index contributed by atoms with van der Waals surface area (Å²) in [5.74, 6) is -0.770. The van der Waals surface area contributed by atoms with E-state index in [4.69, 9.17) is 5.11 Å². The van der Waals surface area contributed by atoms with Gasteiger partial charge in [-0.05, 0) is 18.8 Å². The van der Waals surface area contributed by atoms with E-state index in [1.54, 1.807) is 0 Å². The van der Waals surface area contributed by atoms with Gasteiger partial charge in [-0.1, -0.05) is 20.3 Å². The summed E-state index contributed by atoms with van der Waals surface area (Å²) in [4.78, 5) is 24.5. The van der Waals surface area contributed by atoms with Crippen molar-refractivity contribution in [1.29, 1.82) is 0 Å². The van der Waals surface area contributed by atoms with Gasteiger partial charge >= 0.3 is 12.0 Å². The Morgan fingerprint density at radius 1 is 1.50 bits per heavy atom. The van der Waals surface area contributed by atoms with Gasteiger partial charge in [-0.25, -0.2) is 9.59 Å². The fraction of sp³-hybridized carbons (Fsp3) is 0.833. The van der Waals surface area contributed by atoms with Crippen molar-refractivity contribution in [2.24, 2.45) is 5.92 Å². The van der Waals surface area contributed by atoms with Crippen molar-refractivity contribution in [2.45, 2.75) is 45.2 Å². The number of carboxylic acids is 1. The summed E-state index contributed by atoms with van der Waals surface area (Å²) in [7, 11) is 0. The van der Waals surface area contributed by atoms with Gasteiger partial charge in [0.1, 0.15) is 6.04 Å². The van der Waals surface area contributed by atoms with Crippen molar-refractivity contribution < 1.29 is 19.8 Å². The molecule has 0 spiro atoms. The van der Waals surface area contributed by atoms with Crippen molar-refractivity contribution in [2.75, 3.05) is 13.2 Å². The number of aliphatic hydroxyl groups excluding tert-OH is 1. The molecule has 1 aliphatic rings. The number of carboxylic acid groups (broad SMARTS) is 1. The Balaban J connectivity index is 2.61. The summed E-state index contributed by atoms with van der Waals surface area (Å²) in [6.07, 6.45) is 1.94. The van der Waals surface area contributed by atoms with Crippen LogP contribution in [0, 0.1) is 5.92 Å². The van der Waals surface area contributed by atoms with Crippen molar-refractivity contribution >= 4 is 12.0 Å². The third kappa shape index (κ3) is 3.35. The Morgan fingerprint density at radius 2 is 2.17 bits per heavy atom. The quantitative estimate of drug-likeness (QED) is 0.675. The molecule has 0 saturated carbocycles. The lowest BCUT2D eigenvalue weighted by Gasteiger charge is -2.27. The highest BCUT2D eigenvalue weighted by molar-refractivity contribution is 5.82. The molecule has 2 unspecified atom stereocenters. The number of hydrogen-bond acceptors (Lipinski definition) is 3. The van der Waals surface area contributed by atoms with Crippen LogP contribution in [0.3, 0.4) is 0 Å². The molecule has 0 aromatic carbocycles. The molecule has 18 heavy (non-hydrogen) atoms. The molecular formula is C12H22N2O4. The molecule has 1 saturated heterocycles. The number of nitrogens with zero attached hydrogens (tertiary/aromatic N) is 1. The van der Waals surface area contributed by atoms with Crippen molar-refractivity contribution in [3.05, 3.63) is 0 Å². The number of carbonyl (C=O) groups excluding carboxylic acids is 1. The van der Waals surface area contributed by atoms with Crippen LogP contribution in [0.4, 0.5) is 4.79 Å². The van der Waals surface area contributed by atoms with Crippen LogP contribution in [-0.4, -0.2) is 52.3 Å². The number of carbonyl (C=O) groups is 2. The molecule has 6 nitrogen and oxygen atoms in total. The van der Waals surface area contributed by atoms with E-state index in [1.807, 2.05) is 13.8 Å². The lowest BCUT2D eigenvalue weighted by molar-refractivity contribution is -0.139. The highest BCUT2D eigenvalue weighted by atomic mass is 16.4. The van der Waals surface area contributed by atoms with Gasteiger partial charge in [0.15, 0.2) is 0 Å². The summed E-state index contributed by atoms with van der Waals surface area (Å²) < 4.78 is 0. The van der Waals surface area contributed by atoms with Crippen LogP contribution in [0.25, 0.3) is 0 Å². The predicted octanol–water partition coefficient (Wildman–Crippen LogP) is 0.652. The molecule has 1 heterocycles. The van der Waals surface area contributed by atoms with Crippen molar-refractivity contribution in [3.63, 3.8) is 0 Å². The van der Waals surface area contributed by atoms with Gasteiger partial charge in [-0.15, -0.1) is 0 Å². The first-order valence-corrected chi connectivity index (χ1v) is 6.42. The molecule has 0 aliphatic carbocycles. The second-order valence-electron chi connectivity index (χ2n) is 4.84. The van der Waals surface area contributed by atoms with E-state index in [0.717, 1.165) is 6.42 Å². The fourth-order valence-electron chi connectivity index (χ4n) is 2.32.